The molecule has 1 fully saturated rings. The van der Waals surface area contributed by atoms with Gasteiger partial charge in [0.25, 0.3) is 0 Å². The second kappa shape index (κ2) is 8.79. The molecular formula is C21H21ClF3NO. The van der Waals surface area contributed by atoms with E-state index in [9.17, 15) is 13.2 Å². The third-order valence-electron chi connectivity index (χ3n) is 5.03. The molecular weight excluding hydrogens is 375 g/mol. The van der Waals surface area contributed by atoms with Gasteiger partial charge in [-0.05, 0) is 68.2 Å². The summed E-state index contributed by atoms with van der Waals surface area (Å²) in [4.78, 5) is 4.37. The van der Waals surface area contributed by atoms with E-state index in [0.717, 1.165) is 31.2 Å². The van der Waals surface area contributed by atoms with Gasteiger partial charge < -0.3 is 4.74 Å². The van der Waals surface area contributed by atoms with Gasteiger partial charge in [-0.2, -0.15) is 8.78 Å². The first kappa shape index (κ1) is 19.7. The maximum atomic E-state index is 14.2. The monoisotopic (exact) mass is 395 g/mol. The summed E-state index contributed by atoms with van der Waals surface area (Å²) in [5, 5.41) is -0.274. The zero-order valence-corrected chi connectivity index (χ0v) is 15.7. The van der Waals surface area contributed by atoms with Crippen molar-refractivity contribution in [1.82, 2.24) is 4.98 Å². The van der Waals surface area contributed by atoms with Gasteiger partial charge in [-0.25, -0.2) is 4.39 Å². The average molecular weight is 396 g/mol. The molecule has 2 nitrogen and oxygen atoms in total. The van der Waals surface area contributed by atoms with Crippen LogP contribution in [0.15, 0.2) is 42.6 Å². The lowest BCUT2D eigenvalue weighted by Gasteiger charge is -2.27. The fraction of sp³-hybridized carbons (Fsp3) is 0.381. The number of hydrogen-bond donors (Lipinski definition) is 0. The molecule has 0 amide bonds. The maximum absolute atomic E-state index is 14.2. The number of halogens is 4. The van der Waals surface area contributed by atoms with Crippen molar-refractivity contribution in [3.8, 4) is 17.0 Å². The molecule has 3 rings (SSSR count). The Bertz CT molecular complexity index is 800. The molecule has 0 saturated heterocycles. The van der Waals surface area contributed by atoms with Crippen LogP contribution < -0.4 is 4.74 Å². The van der Waals surface area contributed by atoms with Crippen molar-refractivity contribution >= 4 is 11.6 Å². The Morgan fingerprint density at radius 2 is 1.89 bits per heavy atom. The van der Waals surface area contributed by atoms with E-state index in [1.165, 1.54) is 12.1 Å². The molecule has 6 heteroatoms. The summed E-state index contributed by atoms with van der Waals surface area (Å²) in [6, 6.07) is 6.39. The number of alkyl halides is 2. The quantitative estimate of drug-likeness (QED) is 0.509. The Hall–Kier alpha value is -2.01. The zero-order chi connectivity index (χ0) is 19.4. The van der Waals surface area contributed by atoms with Crippen LogP contribution in [0.25, 0.3) is 11.3 Å². The molecule has 144 valence electrons. The molecule has 1 aromatic heterocycles. The number of benzene rings is 1. The highest BCUT2D eigenvalue weighted by Gasteiger charge is 2.22. The Balaban J connectivity index is 1.81. The Kier molecular flexibility index (Phi) is 6.42. The molecule has 1 aromatic carbocycles. The molecule has 0 atom stereocenters. The van der Waals surface area contributed by atoms with E-state index < -0.39 is 18.2 Å². The van der Waals surface area contributed by atoms with Crippen LogP contribution in [0.5, 0.6) is 5.75 Å². The number of aromatic nitrogens is 1. The molecule has 1 aliphatic rings. The van der Waals surface area contributed by atoms with E-state index in [-0.39, 0.29) is 10.6 Å². The van der Waals surface area contributed by atoms with Crippen molar-refractivity contribution in [2.24, 2.45) is 5.92 Å². The minimum atomic E-state index is -3.15. The predicted molar refractivity (Wildman–Crippen MR) is 101 cm³/mol. The van der Waals surface area contributed by atoms with Crippen molar-refractivity contribution in [2.75, 3.05) is 0 Å². The van der Waals surface area contributed by atoms with E-state index in [1.54, 1.807) is 12.3 Å². The minimum absolute atomic E-state index is 0.153. The molecule has 0 N–H and O–H groups in total. The second-order valence-electron chi connectivity index (χ2n) is 6.73. The standard InChI is InChI=1S/C21H21ClF3NO/c1-2-3-13-4-6-14(7-5-13)15-8-11-18(26-12-15)16-9-10-17(22)19(23)20(16)27-21(24)25/h2-3,8-14,21H,4-7H2,1H3/b3-2+. The van der Waals surface area contributed by atoms with Gasteiger partial charge in [0.05, 0.1) is 10.7 Å². The van der Waals surface area contributed by atoms with Crippen LogP contribution in [0, 0.1) is 11.7 Å². The molecule has 1 saturated carbocycles. The number of nitrogens with zero attached hydrogens (tertiary/aromatic N) is 1. The molecule has 0 radical (unpaired) electrons. The second-order valence-corrected chi connectivity index (χ2v) is 7.14. The van der Waals surface area contributed by atoms with E-state index >= 15 is 0 Å². The molecule has 1 heterocycles. The maximum Gasteiger partial charge on any atom is 0.387 e. The number of rotatable bonds is 5. The summed E-state index contributed by atoms with van der Waals surface area (Å²) >= 11 is 5.69. The van der Waals surface area contributed by atoms with Gasteiger partial charge in [0.15, 0.2) is 11.6 Å². The third-order valence-corrected chi connectivity index (χ3v) is 5.32. The lowest BCUT2D eigenvalue weighted by atomic mass is 9.79. The Morgan fingerprint density at radius 1 is 1.15 bits per heavy atom. The van der Waals surface area contributed by atoms with Crippen LogP contribution in [-0.4, -0.2) is 11.6 Å². The van der Waals surface area contributed by atoms with E-state index in [4.69, 9.17) is 11.6 Å². The topological polar surface area (TPSA) is 22.1 Å². The van der Waals surface area contributed by atoms with Gasteiger partial charge >= 0.3 is 6.61 Å². The van der Waals surface area contributed by atoms with E-state index in [1.807, 2.05) is 13.0 Å². The minimum Gasteiger partial charge on any atom is -0.431 e. The van der Waals surface area contributed by atoms with Gasteiger partial charge in [0.1, 0.15) is 0 Å². The summed E-state index contributed by atoms with van der Waals surface area (Å²) in [6.07, 6.45) is 10.6. The molecule has 1 aliphatic carbocycles. The highest BCUT2D eigenvalue weighted by Crippen LogP contribution is 2.39. The number of allylic oxidation sites excluding steroid dienone is 2. The molecule has 27 heavy (non-hydrogen) atoms. The van der Waals surface area contributed by atoms with Crippen molar-refractivity contribution < 1.29 is 17.9 Å². The van der Waals surface area contributed by atoms with Crippen molar-refractivity contribution in [1.29, 1.82) is 0 Å². The van der Waals surface area contributed by atoms with Crippen LogP contribution in [0.3, 0.4) is 0 Å². The van der Waals surface area contributed by atoms with Crippen molar-refractivity contribution in [3.05, 3.63) is 59.0 Å². The van der Waals surface area contributed by atoms with Crippen molar-refractivity contribution in [2.45, 2.75) is 45.1 Å². The normalized spacial score (nSPS) is 20.4. The number of pyridine rings is 1. The van der Waals surface area contributed by atoms with Crippen LogP contribution in [-0.2, 0) is 0 Å². The fourth-order valence-electron chi connectivity index (χ4n) is 3.66. The number of ether oxygens (including phenoxy) is 1. The van der Waals surface area contributed by atoms with Crippen LogP contribution >= 0.6 is 11.6 Å². The van der Waals surface area contributed by atoms with E-state index in [2.05, 4.69) is 21.9 Å². The lowest BCUT2D eigenvalue weighted by Crippen LogP contribution is -2.12. The number of hydrogen-bond acceptors (Lipinski definition) is 2. The van der Waals surface area contributed by atoms with Crippen molar-refractivity contribution in [3.63, 3.8) is 0 Å². The molecule has 0 aliphatic heterocycles. The van der Waals surface area contributed by atoms with E-state index in [0.29, 0.717) is 17.5 Å². The molecule has 0 bridgehead atoms. The Labute approximate surface area is 162 Å². The van der Waals surface area contributed by atoms with Gasteiger partial charge in [-0.1, -0.05) is 29.8 Å². The summed E-state index contributed by atoms with van der Waals surface area (Å²) < 4.78 is 43.8. The largest absolute Gasteiger partial charge is 0.431 e. The van der Waals surface area contributed by atoms with Crippen LogP contribution in [0.4, 0.5) is 13.2 Å². The predicted octanol–water partition coefficient (Wildman–Crippen LogP) is 6.99. The fourth-order valence-corrected chi connectivity index (χ4v) is 3.81. The first-order chi connectivity index (χ1) is 13.0. The molecule has 2 aromatic rings. The van der Waals surface area contributed by atoms with Crippen LogP contribution in [0.2, 0.25) is 5.02 Å². The summed E-state index contributed by atoms with van der Waals surface area (Å²) in [6.45, 7) is -1.11. The van der Waals surface area contributed by atoms with Gasteiger partial charge in [0.2, 0.25) is 0 Å². The summed E-state index contributed by atoms with van der Waals surface area (Å²) in [5.74, 6) is -0.511. The lowest BCUT2D eigenvalue weighted by molar-refractivity contribution is -0.0517. The average Bonchev–Trinajstić information content (AvgIpc) is 2.67. The Morgan fingerprint density at radius 3 is 2.48 bits per heavy atom. The van der Waals surface area contributed by atoms with Gasteiger partial charge in [-0.3, -0.25) is 4.98 Å². The summed E-state index contributed by atoms with van der Waals surface area (Å²) in [7, 11) is 0. The highest BCUT2D eigenvalue weighted by atomic mass is 35.5. The van der Waals surface area contributed by atoms with Crippen LogP contribution in [0.1, 0.15) is 44.1 Å². The van der Waals surface area contributed by atoms with Gasteiger partial charge in [-0.15, -0.1) is 0 Å². The van der Waals surface area contributed by atoms with Gasteiger partial charge in [0, 0.05) is 11.8 Å². The first-order valence-corrected chi connectivity index (χ1v) is 9.39. The third kappa shape index (κ3) is 4.64. The highest BCUT2D eigenvalue weighted by molar-refractivity contribution is 6.31. The molecule has 0 spiro atoms. The molecule has 0 unspecified atom stereocenters. The zero-order valence-electron chi connectivity index (χ0n) is 15.0. The SMILES string of the molecule is C/C=C/C1CCC(c2ccc(-c3ccc(Cl)c(F)c3OC(F)F)nc2)CC1. The first-order valence-electron chi connectivity index (χ1n) is 9.01. The smallest absolute Gasteiger partial charge is 0.387 e. The summed E-state index contributed by atoms with van der Waals surface area (Å²) in [5.41, 5.74) is 1.64.